The summed E-state index contributed by atoms with van der Waals surface area (Å²) in [5.74, 6) is 0.716. The molecule has 138 valence electrons. The van der Waals surface area contributed by atoms with Crippen LogP contribution in [-0.2, 0) is 9.53 Å². The molecule has 7 nitrogen and oxygen atoms in total. The number of carbonyl (C=O) groups is 1. The molecule has 2 heterocycles. The third-order valence-electron chi connectivity index (χ3n) is 4.80. The molecule has 24 heavy (non-hydrogen) atoms. The Hall–Kier alpha value is -1.34. The Morgan fingerprint density at radius 3 is 2.71 bits per heavy atom. The van der Waals surface area contributed by atoms with Gasteiger partial charge in [-0.25, -0.2) is 4.99 Å². The van der Waals surface area contributed by atoms with Crippen LogP contribution in [0, 0.1) is 0 Å². The Morgan fingerprint density at radius 1 is 1.25 bits per heavy atom. The first kappa shape index (κ1) is 19.0. The molecule has 2 aliphatic rings. The number of rotatable bonds is 7. The van der Waals surface area contributed by atoms with Crippen LogP contribution >= 0.6 is 0 Å². The molecule has 0 aromatic rings. The van der Waals surface area contributed by atoms with Crippen LogP contribution in [0.3, 0.4) is 0 Å². The zero-order chi connectivity index (χ0) is 17.4. The highest BCUT2D eigenvalue weighted by Gasteiger charge is 2.23. The van der Waals surface area contributed by atoms with E-state index in [0.717, 1.165) is 39.1 Å². The van der Waals surface area contributed by atoms with Crippen molar-refractivity contribution >= 4 is 11.9 Å². The molecule has 2 rings (SSSR count). The van der Waals surface area contributed by atoms with Crippen molar-refractivity contribution in [2.45, 2.75) is 44.8 Å². The molecular weight excluding hydrogens is 306 g/mol. The lowest BCUT2D eigenvalue weighted by Gasteiger charge is -2.24. The van der Waals surface area contributed by atoms with E-state index >= 15 is 0 Å². The second-order valence-corrected chi connectivity index (χ2v) is 6.77. The summed E-state index contributed by atoms with van der Waals surface area (Å²) < 4.78 is 5.65. The first-order valence-corrected chi connectivity index (χ1v) is 9.18. The van der Waals surface area contributed by atoms with E-state index in [4.69, 9.17) is 4.74 Å². The molecule has 1 amide bonds. The molecule has 2 unspecified atom stereocenters. The molecule has 0 aliphatic carbocycles. The molecule has 2 aliphatic heterocycles. The highest BCUT2D eigenvalue weighted by atomic mass is 16.5. The van der Waals surface area contributed by atoms with Gasteiger partial charge in [0.2, 0.25) is 5.91 Å². The lowest BCUT2D eigenvalue weighted by molar-refractivity contribution is -0.127. The minimum absolute atomic E-state index is 0.00395. The number of guanidine groups is 1. The number of hydrogen-bond acceptors (Lipinski definition) is 4. The van der Waals surface area contributed by atoms with Gasteiger partial charge < -0.3 is 20.3 Å². The Balaban J connectivity index is 1.85. The number of likely N-dealkylation sites (N-methyl/N-ethyl adjacent to an activating group) is 2. The largest absolute Gasteiger partial charge is 0.376 e. The van der Waals surface area contributed by atoms with Crippen LogP contribution in [-0.4, -0.2) is 87.2 Å². The summed E-state index contributed by atoms with van der Waals surface area (Å²) in [5, 5.41) is 6.75. The summed E-state index contributed by atoms with van der Waals surface area (Å²) in [4.78, 5) is 20.3. The smallest absolute Gasteiger partial charge is 0.243 e. The maximum atomic E-state index is 11.8. The van der Waals surface area contributed by atoms with Gasteiger partial charge in [0.25, 0.3) is 0 Å². The van der Waals surface area contributed by atoms with Crippen molar-refractivity contribution < 1.29 is 9.53 Å². The lowest BCUT2D eigenvalue weighted by Crippen LogP contribution is -2.46. The van der Waals surface area contributed by atoms with Crippen molar-refractivity contribution in [2.75, 3.05) is 53.4 Å². The van der Waals surface area contributed by atoms with Crippen molar-refractivity contribution in [3.8, 4) is 0 Å². The van der Waals surface area contributed by atoms with Crippen LogP contribution in [0.2, 0.25) is 0 Å². The number of likely N-dealkylation sites (tertiary alicyclic amines) is 1. The van der Waals surface area contributed by atoms with Gasteiger partial charge in [-0.2, -0.15) is 0 Å². The number of nitrogens with one attached hydrogen (secondary N) is 2. The van der Waals surface area contributed by atoms with Gasteiger partial charge in [-0.1, -0.05) is 6.92 Å². The van der Waals surface area contributed by atoms with E-state index in [-0.39, 0.29) is 18.6 Å². The van der Waals surface area contributed by atoms with E-state index in [0.29, 0.717) is 12.0 Å². The molecule has 0 spiro atoms. The van der Waals surface area contributed by atoms with Gasteiger partial charge in [0.15, 0.2) is 5.96 Å². The van der Waals surface area contributed by atoms with E-state index in [1.165, 1.54) is 19.4 Å². The van der Waals surface area contributed by atoms with Crippen LogP contribution in [0.25, 0.3) is 0 Å². The van der Waals surface area contributed by atoms with Gasteiger partial charge in [-0.3, -0.25) is 9.69 Å². The van der Waals surface area contributed by atoms with Crippen molar-refractivity contribution in [3.63, 3.8) is 0 Å². The average molecular weight is 339 g/mol. The highest BCUT2D eigenvalue weighted by molar-refractivity contribution is 5.84. The van der Waals surface area contributed by atoms with Crippen molar-refractivity contribution in [1.82, 2.24) is 20.4 Å². The van der Waals surface area contributed by atoms with Crippen LogP contribution < -0.4 is 10.6 Å². The fourth-order valence-electron chi connectivity index (χ4n) is 3.24. The molecule has 0 aromatic carbocycles. The zero-order valence-electron chi connectivity index (χ0n) is 15.4. The fourth-order valence-corrected chi connectivity index (χ4v) is 3.24. The number of carbonyl (C=O) groups excluding carboxylic acids is 1. The lowest BCUT2D eigenvalue weighted by atomic mass is 10.2. The van der Waals surface area contributed by atoms with E-state index in [2.05, 4.69) is 27.4 Å². The quantitative estimate of drug-likeness (QED) is 0.515. The van der Waals surface area contributed by atoms with Gasteiger partial charge >= 0.3 is 0 Å². The molecule has 2 N–H and O–H groups in total. The van der Waals surface area contributed by atoms with Gasteiger partial charge in [0, 0.05) is 39.8 Å². The molecule has 7 heteroatoms. The van der Waals surface area contributed by atoms with Crippen molar-refractivity contribution in [3.05, 3.63) is 0 Å². The summed E-state index contributed by atoms with van der Waals surface area (Å²) in [5.41, 5.74) is 0. The molecular formula is C17H33N5O2. The number of ether oxygens (including phenoxy) is 1. The molecule has 2 atom stereocenters. The topological polar surface area (TPSA) is 69.2 Å². The molecule has 0 radical (unpaired) electrons. The standard InChI is InChI=1S/C17H33N5O2/c1-4-22-9-5-7-14(22)11-18-17(20-13-16(23)21(2)3)19-12-15-8-6-10-24-15/h14-15H,4-13H2,1-3H3,(H2,18,19,20). The van der Waals surface area contributed by atoms with E-state index in [1.54, 1.807) is 19.0 Å². The van der Waals surface area contributed by atoms with Crippen LogP contribution in [0.15, 0.2) is 4.99 Å². The Morgan fingerprint density at radius 2 is 2.04 bits per heavy atom. The fraction of sp³-hybridized carbons (Fsp3) is 0.882. The third kappa shape index (κ3) is 5.94. The summed E-state index contributed by atoms with van der Waals surface area (Å²) in [7, 11) is 3.50. The third-order valence-corrected chi connectivity index (χ3v) is 4.80. The first-order valence-electron chi connectivity index (χ1n) is 9.18. The molecule has 0 saturated carbocycles. The predicted molar refractivity (Wildman–Crippen MR) is 96.2 cm³/mol. The number of hydrogen-bond donors (Lipinski definition) is 2. The molecule has 2 fully saturated rings. The minimum Gasteiger partial charge on any atom is -0.376 e. The summed E-state index contributed by atoms with van der Waals surface area (Å²) in [6.45, 7) is 7.08. The second kappa shape index (κ2) is 9.84. The Kier molecular flexibility index (Phi) is 7.78. The van der Waals surface area contributed by atoms with Gasteiger partial charge in [0.1, 0.15) is 6.54 Å². The zero-order valence-corrected chi connectivity index (χ0v) is 15.4. The number of amides is 1. The Bertz CT molecular complexity index is 421. The van der Waals surface area contributed by atoms with Crippen LogP contribution in [0.1, 0.15) is 32.6 Å². The minimum atomic E-state index is 0.00395. The molecule has 2 saturated heterocycles. The summed E-state index contributed by atoms with van der Waals surface area (Å²) >= 11 is 0. The second-order valence-electron chi connectivity index (χ2n) is 6.77. The molecule has 0 bridgehead atoms. The van der Waals surface area contributed by atoms with Crippen molar-refractivity contribution in [2.24, 2.45) is 4.99 Å². The number of aliphatic imine (C=N–C) groups is 1. The van der Waals surface area contributed by atoms with Crippen molar-refractivity contribution in [1.29, 1.82) is 0 Å². The van der Waals surface area contributed by atoms with E-state index in [1.807, 2.05) is 0 Å². The average Bonchev–Trinajstić information content (AvgIpc) is 3.24. The monoisotopic (exact) mass is 339 g/mol. The van der Waals surface area contributed by atoms with Crippen LogP contribution in [0.4, 0.5) is 0 Å². The first-order chi connectivity index (χ1) is 11.6. The maximum absolute atomic E-state index is 11.8. The summed E-state index contributed by atoms with van der Waals surface area (Å²) in [6, 6.07) is 0.550. The summed E-state index contributed by atoms with van der Waals surface area (Å²) in [6.07, 6.45) is 4.94. The van der Waals surface area contributed by atoms with E-state index < -0.39 is 0 Å². The van der Waals surface area contributed by atoms with E-state index in [9.17, 15) is 4.79 Å². The van der Waals surface area contributed by atoms with Crippen LogP contribution in [0.5, 0.6) is 0 Å². The van der Waals surface area contributed by atoms with Gasteiger partial charge in [0.05, 0.1) is 6.10 Å². The SMILES string of the molecule is CCN1CCCC1CNC(=NCC(=O)N(C)C)NCC1CCCO1. The molecule has 0 aromatic heterocycles. The van der Waals surface area contributed by atoms with Gasteiger partial charge in [-0.15, -0.1) is 0 Å². The van der Waals surface area contributed by atoms with Gasteiger partial charge in [-0.05, 0) is 38.8 Å². The predicted octanol–water partition coefficient (Wildman–Crippen LogP) is 0.273. The maximum Gasteiger partial charge on any atom is 0.243 e. The highest BCUT2D eigenvalue weighted by Crippen LogP contribution is 2.15. The normalized spacial score (nSPS) is 25.0. The number of nitrogens with zero attached hydrogens (tertiary/aromatic N) is 3. The Labute approximate surface area is 145 Å².